The van der Waals surface area contributed by atoms with E-state index in [4.69, 9.17) is 71.4 Å². The minimum absolute atomic E-state index is 0.0150. The molecule has 30 nitrogen and oxygen atoms in total. The van der Waals surface area contributed by atoms with Crippen LogP contribution in [0.15, 0.2) is 59.3 Å². The topological polar surface area (TPSA) is 386 Å². The van der Waals surface area contributed by atoms with Crippen LogP contribution in [0.25, 0.3) is 20.2 Å². The molecule has 11 rings (SSSR count). The predicted octanol–water partition coefficient (Wildman–Crippen LogP) is 9.34. The number of primary amides is 1. The molecule has 35 heteroatoms. The number of fused-ring (bicyclic) bond motifs is 6. The van der Waals surface area contributed by atoms with Gasteiger partial charge in [-0.25, -0.2) is 18.9 Å². The monoisotopic (exact) mass is 1640 g/mol. The molecule has 3 aromatic carbocycles. The summed E-state index contributed by atoms with van der Waals surface area (Å²) in [6.45, 7) is 11.5. The van der Waals surface area contributed by atoms with Gasteiger partial charge in [-0.1, -0.05) is 26.0 Å². The number of likely N-dealkylation sites (N-methyl/N-ethyl adjacent to an activating group) is 2. The molecule has 4 heterocycles. The van der Waals surface area contributed by atoms with Crippen LogP contribution in [0, 0.1) is 36.5 Å². The van der Waals surface area contributed by atoms with E-state index in [1.807, 2.05) is 24.6 Å². The normalized spacial score (nSPS) is 19.4. The number of amides is 9. The van der Waals surface area contributed by atoms with E-state index in [1.165, 1.54) is 58.7 Å². The van der Waals surface area contributed by atoms with Gasteiger partial charge in [0.15, 0.2) is 11.5 Å². The van der Waals surface area contributed by atoms with E-state index in [2.05, 4.69) is 16.0 Å². The van der Waals surface area contributed by atoms with Crippen LogP contribution in [-0.4, -0.2) is 228 Å². The molecule has 5 aromatic rings. The van der Waals surface area contributed by atoms with Crippen molar-refractivity contribution in [3.63, 3.8) is 0 Å². The van der Waals surface area contributed by atoms with E-state index in [-0.39, 0.29) is 155 Å². The first-order chi connectivity index (χ1) is 53.1. The number of aryl methyl sites for hydroxylation is 2. The van der Waals surface area contributed by atoms with Crippen LogP contribution in [-0.2, 0) is 77.9 Å². The van der Waals surface area contributed by atoms with Gasteiger partial charge in [-0.05, 0) is 127 Å². The number of Topliss-reactive ketones (excluding diaryl/α,β-unsaturated/α-hetero) is 2. The van der Waals surface area contributed by atoms with Crippen LogP contribution in [0.3, 0.4) is 0 Å². The Morgan fingerprint density at radius 3 is 1.83 bits per heavy atom. The lowest BCUT2D eigenvalue weighted by Crippen LogP contribution is -2.71. The summed E-state index contributed by atoms with van der Waals surface area (Å²) < 4.78 is 63.4. The van der Waals surface area contributed by atoms with Gasteiger partial charge in [0.2, 0.25) is 17.7 Å². The number of benzene rings is 3. The second kappa shape index (κ2) is 38.9. The fraction of sp³-hybridized carbons (Fsp3) is 0.553. The maximum absolute atomic E-state index is 15.0. The van der Waals surface area contributed by atoms with Crippen molar-refractivity contribution in [1.82, 2.24) is 25.3 Å². The maximum atomic E-state index is 15.0. The third-order valence-electron chi connectivity index (χ3n) is 20.7. The molecule has 1 unspecified atom stereocenters. The molecular formula is C76H97Cl2N8O22PS2. The fourth-order valence-electron chi connectivity index (χ4n) is 15.1. The molecule has 0 spiro atoms. The van der Waals surface area contributed by atoms with Gasteiger partial charge in [-0.3, -0.25) is 48.2 Å². The number of anilines is 2. The van der Waals surface area contributed by atoms with Crippen LogP contribution in [0.5, 0.6) is 11.5 Å². The molecule has 5 atom stereocenters. The number of carbonyl (C=O) groups is 10. The van der Waals surface area contributed by atoms with Crippen molar-refractivity contribution in [2.45, 2.75) is 109 Å². The Bertz CT molecular complexity index is 4290. The van der Waals surface area contributed by atoms with E-state index in [9.17, 15) is 57.5 Å². The van der Waals surface area contributed by atoms with Gasteiger partial charge in [-0.15, -0.1) is 45.9 Å². The average Bonchev–Trinajstić information content (AvgIpc) is 1.57. The highest BCUT2D eigenvalue weighted by atomic mass is 35.5. The number of ether oxygens (including phenoxy) is 8. The van der Waals surface area contributed by atoms with Crippen molar-refractivity contribution in [3.05, 3.63) is 92.7 Å². The minimum Gasteiger partial charge on any atom is -0.445 e. The zero-order valence-corrected chi connectivity index (χ0v) is 67.0. The molecule has 0 saturated heterocycles. The molecule has 4 aliphatic carbocycles. The highest BCUT2D eigenvalue weighted by molar-refractivity contribution is 7.46. The Morgan fingerprint density at radius 2 is 1.27 bits per heavy atom. The third kappa shape index (κ3) is 21.2. The molecule has 7 N–H and O–H groups in total. The lowest BCUT2D eigenvalue weighted by atomic mass is 9.33. The molecular weight excluding hydrogens is 1540 g/mol. The van der Waals surface area contributed by atoms with Gasteiger partial charge in [0.1, 0.15) is 18.1 Å². The van der Waals surface area contributed by atoms with Gasteiger partial charge < -0.3 is 78.8 Å². The number of carbonyl (C=O) groups excluding carboxylic acids is 10. The fourth-order valence-corrected chi connectivity index (χ4v) is 18.1. The minimum atomic E-state index is -4.95. The summed E-state index contributed by atoms with van der Waals surface area (Å²) >= 11 is 16.0. The SMILES string of the molecule is Cc1csc2c(OP(=O)(O)O)cc3c(c12)[C@H](CCl)CC3C(=O)C12CC(C(=O)N3C[C@@H](CCl)c4c3cc(OC(=O)N(C)CCN(C)C(=O)OCc3ccc(NC(=O)[C@H](CCCNC(N)=O)CC(=O)[C@@H](NC(=O)CCOCCOCCOCCOCCOCCOCCN5C(=O)C=CC5=O)C(C)C)cc3)c3scc(C)c43)(C1)C2. The summed E-state index contributed by atoms with van der Waals surface area (Å²) in [6, 6.07) is 8.22. The number of nitrogens with zero attached hydrogens (tertiary/aromatic N) is 4. The van der Waals surface area contributed by atoms with Crippen molar-refractivity contribution in [2.75, 3.05) is 148 Å². The highest BCUT2D eigenvalue weighted by Gasteiger charge is 2.76. The number of hydrogen-bond acceptors (Lipinski definition) is 22. The molecule has 9 amide bonds. The van der Waals surface area contributed by atoms with Crippen LogP contribution >= 0.6 is 53.7 Å². The number of ketones is 2. The Morgan fingerprint density at radius 1 is 0.721 bits per heavy atom. The van der Waals surface area contributed by atoms with E-state index in [0.29, 0.717) is 117 Å². The number of phosphoric acid groups is 1. The number of rotatable bonds is 45. The largest absolute Gasteiger partial charge is 0.524 e. The molecule has 2 aliphatic heterocycles. The highest BCUT2D eigenvalue weighted by Crippen LogP contribution is 2.76. The first kappa shape index (κ1) is 85.7. The van der Waals surface area contributed by atoms with Crippen LogP contribution in [0.4, 0.5) is 25.8 Å². The molecule has 6 aliphatic rings. The van der Waals surface area contributed by atoms with Crippen LogP contribution in [0.1, 0.15) is 116 Å². The molecule has 604 valence electrons. The first-order valence-corrected chi connectivity index (χ1v) is 41.3. The van der Waals surface area contributed by atoms with Gasteiger partial charge in [0, 0.05) is 123 Å². The number of nitrogens with two attached hydrogens (primary N) is 1. The van der Waals surface area contributed by atoms with Gasteiger partial charge >= 0.3 is 26.0 Å². The Hall–Kier alpha value is -7.69. The van der Waals surface area contributed by atoms with Crippen molar-refractivity contribution in [2.24, 2.45) is 28.4 Å². The zero-order chi connectivity index (χ0) is 79.9. The molecule has 111 heavy (non-hydrogen) atoms. The van der Waals surface area contributed by atoms with Gasteiger partial charge in [0.25, 0.3) is 11.8 Å². The number of nitrogens with one attached hydrogen (secondary N) is 3. The van der Waals surface area contributed by atoms with E-state index < -0.39 is 66.6 Å². The number of imide groups is 1. The molecule has 2 aromatic heterocycles. The summed E-state index contributed by atoms with van der Waals surface area (Å²) in [5.41, 5.74) is 9.48. The standard InChI is InChI=1S/C76H97Cl2N8O22PS2/c1-45(2)66(82-59(88)15-20-100-22-24-102-26-28-104-30-31-105-29-27-103-25-23-101-21-19-85-60(89)13-14-61(85)90)56(87)33-49(8-7-16-80-72(79)94)70(92)81-52-11-9-48(10-12-52)39-106-73(95)83(5)17-18-84(6)74(96)107-57-35-55-65(63-47(4)41-110-67(57)63)51(37-78)38-86(55)71(93)76-42-75(43-76,44-76)69(91)54-32-50(36-77)64-53(54)34-58(108-109(97,98)99)68-62(64)46(3)40-111-68/h9-14,34-35,40-41,45,49-51,54,66H,7-8,15-33,36-39,42-44H2,1-6H3,(H,81,92)(H,82,88)(H3,79,80,94)(H2,97,98,99)/t49-,50+,51-,54?,66+,75?,76?/m1/s1. The quantitative estimate of drug-likeness (QED) is 0.00914. The number of thiophene rings is 2. The average molecular weight is 1640 g/mol. The van der Waals surface area contributed by atoms with E-state index in [0.717, 1.165) is 37.9 Å². The van der Waals surface area contributed by atoms with Crippen molar-refractivity contribution in [1.29, 1.82) is 0 Å². The molecule has 3 saturated carbocycles. The van der Waals surface area contributed by atoms with E-state index >= 15 is 4.79 Å². The Balaban J connectivity index is 0.631. The van der Waals surface area contributed by atoms with Crippen molar-refractivity contribution < 1.29 is 105 Å². The Labute approximate surface area is 661 Å². The van der Waals surface area contributed by atoms with Crippen LogP contribution in [0.2, 0.25) is 0 Å². The predicted molar refractivity (Wildman–Crippen MR) is 415 cm³/mol. The second-order valence-corrected chi connectivity index (χ2v) is 32.5. The Kier molecular flexibility index (Phi) is 30.0. The van der Waals surface area contributed by atoms with Crippen molar-refractivity contribution in [3.8, 4) is 11.5 Å². The number of phosphoric ester groups is 1. The number of halogens is 2. The summed E-state index contributed by atoms with van der Waals surface area (Å²) in [4.78, 5) is 158. The van der Waals surface area contributed by atoms with Gasteiger partial charge in [-0.2, -0.15) is 0 Å². The van der Waals surface area contributed by atoms with Gasteiger partial charge in [0.05, 0.1) is 112 Å². The van der Waals surface area contributed by atoms with Crippen molar-refractivity contribution >= 4 is 145 Å². The second-order valence-electron chi connectivity index (χ2n) is 29.0. The summed E-state index contributed by atoms with van der Waals surface area (Å²) in [7, 11) is -1.90. The van der Waals surface area contributed by atoms with Crippen LogP contribution < -0.4 is 35.8 Å². The number of hydrogen-bond donors (Lipinski definition) is 6. The summed E-state index contributed by atoms with van der Waals surface area (Å²) in [6.07, 6.45) is 2.75. The smallest absolute Gasteiger partial charge is 0.445 e. The summed E-state index contributed by atoms with van der Waals surface area (Å²) in [5.74, 6) is -3.61. The third-order valence-corrected chi connectivity index (χ3v) is 24.1. The summed E-state index contributed by atoms with van der Waals surface area (Å²) in [5, 5.41) is 13.7. The van der Waals surface area contributed by atoms with E-state index in [1.54, 1.807) is 55.1 Å². The first-order valence-electron chi connectivity index (χ1n) is 36.9. The number of alkyl halides is 2. The lowest BCUT2D eigenvalue weighted by Gasteiger charge is -2.69. The molecule has 3 fully saturated rings. The molecule has 2 bridgehead atoms. The maximum Gasteiger partial charge on any atom is 0.524 e. The zero-order valence-electron chi connectivity index (χ0n) is 63.0. The molecule has 0 radical (unpaired) electrons. The lowest BCUT2D eigenvalue weighted by molar-refractivity contribution is -0.206. The number of urea groups is 1.